The number of likely N-dealkylation sites (tertiary alicyclic amines) is 1. The molecule has 1 saturated heterocycles. The summed E-state index contributed by atoms with van der Waals surface area (Å²) in [6.07, 6.45) is 6.80. The van der Waals surface area contributed by atoms with Gasteiger partial charge in [0.15, 0.2) is 0 Å². The molecule has 0 N–H and O–H groups in total. The largest absolute Gasteiger partial charge is 0.345 e. The SMILES string of the molecule is CCCC1CCN(C(=O)c2cc(Br)cn2C)CC1. The third-order valence-electron chi connectivity index (χ3n) is 3.79. The zero-order chi connectivity index (χ0) is 13.1. The standard InChI is InChI=1S/C14H21BrN2O/c1-3-4-11-5-7-17(8-6-11)14(18)13-9-12(15)10-16(13)2/h9-11H,3-8H2,1-2H3. The summed E-state index contributed by atoms with van der Waals surface area (Å²) in [7, 11) is 1.92. The van der Waals surface area contributed by atoms with E-state index < -0.39 is 0 Å². The van der Waals surface area contributed by atoms with Crippen molar-refractivity contribution in [1.82, 2.24) is 9.47 Å². The summed E-state index contributed by atoms with van der Waals surface area (Å²) in [5, 5.41) is 0. The van der Waals surface area contributed by atoms with Crippen LogP contribution in [0.4, 0.5) is 0 Å². The molecule has 1 aliphatic rings. The highest BCUT2D eigenvalue weighted by Gasteiger charge is 2.24. The van der Waals surface area contributed by atoms with E-state index in [1.807, 2.05) is 28.8 Å². The van der Waals surface area contributed by atoms with Crippen molar-refractivity contribution in [3.63, 3.8) is 0 Å². The number of hydrogen-bond donors (Lipinski definition) is 0. The van der Waals surface area contributed by atoms with Crippen LogP contribution < -0.4 is 0 Å². The van der Waals surface area contributed by atoms with E-state index in [2.05, 4.69) is 22.9 Å². The van der Waals surface area contributed by atoms with E-state index >= 15 is 0 Å². The molecule has 1 fully saturated rings. The number of aromatic nitrogens is 1. The summed E-state index contributed by atoms with van der Waals surface area (Å²) in [4.78, 5) is 14.4. The van der Waals surface area contributed by atoms with Gasteiger partial charge in [0.1, 0.15) is 5.69 Å². The van der Waals surface area contributed by atoms with Crippen molar-refractivity contribution >= 4 is 21.8 Å². The van der Waals surface area contributed by atoms with Gasteiger partial charge in [-0.25, -0.2) is 0 Å². The molecule has 1 aliphatic heterocycles. The molecule has 3 nitrogen and oxygen atoms in total. The van der Waals surface area contributed by atoms with Crippen molar-refractivity contribution < 1.29 is 4.79 Å². The van der Waals surface area contributed by atoms with Gasteiger partial charge in [0.25, 0.3) is 5.91 Å². The van der Waals surface area contributed by atoms with Crippen molar-refractivity contribution in [3.8, 4) is 0 Å². The van der Waals surface area contributed by atoms with Gasteiger partial charge in [-0.2, -0.15) is 0 Å². The highest BCUT2D eigenvalue weighted by Crippen LogP contribution is 2.23. The second kappa shape index (κ2) is 5.91. The maximum absolute atomic E-state index is 12.4. The van der Waals surface area contributed by atoms with Crippen LogP contribution in [0.2, 0.25) is 0 Å². The van der Waals surface area contributed by atoms with Crippen LogP contribution in [0.15, 0.2) is 16.7 Å². The normalized spacial score (nSPS) is 17.2. The van der Waals surface area contributed by atoms with Crippen molar-refractivity contribution in [2.45, 2.75) is 32.6 Å². The van der Waals surface area contributed by atoms with E-state index in [4.69, 9.17) is 0 Å². The van der Waals surface area contributed by atoms with Gasteiger partial charge in [0.2, 0.25) is 0 Å². The minimum atomic E-state index is 0.165. The van der Waals surface area contributed by atoms with Gasteiger partial charge in [0, 0.05) is 30.8 Å². The molecule has 2 rings (SSSR count). The van der Waals surface area contributed by atoms with Crippen molar-refractivity contribution in [1.29, 1.82) is 0 Å². The Morgan fingerprint density at radius 2 is 2.11 bits per heavy atom. The van der Waals surface area contributed by atoms with E-state index in [0.717, 1.165) is 42.0 Å². The quantitative estimate of drug-likeness (QED) is 0.839. The summed E-state index contributed by atoms with van der Waals surface area (Å²) in [6, 6.07) is 1.90. The Kier molecular flexibility index (Phi) is 4.49. The van der Waals surface area contributed by atoms with Gasteiger partial charge in [-0.1, -0.05) is 19.8 Å². The topological polar surface area (TPSA) is 25.2 Å². The minimum absolute atomic E-state index is 0.165. The molecule has 2 heterocycles. The molecule has 0 atom stereocenters. The zero-order valence-corrected chi connectivity index (χ0v) is 12.7. The number of carbonyl (C=O) groups excluding carboxylic acids is 1. The number of hydrogen-bond acceptors (Lipinski definition) is 1. The summed E-state index contributed by atoms with van der Waals surface area (Å²) < 4.78 is 2.86. The molecule has 0 unspecified atom stereocenters. The molecule has 0 radical (unpaired) electrons. The summed E-state index contributed by atoms with van der Waals surface area (Å²) in [6.45, 7) is 4.05. The molecule has 100 valence electrons. The molecule has 18 heavy (non-hydrogen) atoms. The highest BCUT2D eigenvalue weighted by molar-refractivity contribution is 9.10. The first-order valence-electron chi connectivity index (χ1n) is 6.73. The maximum atomic E-state index is 12.4. The van der Waals surface area contributed by atoms with E-state index in [-0.39, 0.29) is 5.91 Å². The van der Waals surface area contributed by atoms with Gasteiger partial charge in [-0.05, 0) is 40.8 Å². The smallest absolute Gasteiger partial charge is 0.270 e. The lowest BCUT2D eigenvalue weighted by atomic mass is 9.92. The average molecular weight is 313 g/mol. The second-order valence-corrected chi connectivity index (χ2v) is 6.09. The third-order valence-corrected chi connectivity index (χ3v) is 4.22. The van der Waals surface area contributed by atoms with Crippen molar-refractivity contribution in [2.24, 2.45) is 13.0 Å². The summed E-state index contributed by atoms with van der Waals surface area (Å²) >= 11 is 3.41. The average Bonchev–Trinajstić information content (AvgIpc) is 2.69. The number of carbonyl (C=O) groups is 1. The van der Waals surface area contributed by atoms with Crippen LogP contribution in [0.1, 0.15) is 43.1 Å². The minimum Gasteiger partial charge on any atom is -0.345 e. The van der Waals surface area contributed by atoms with Crippen molar-refractivity contribution in [2.75, 3.05) is 13.1 Å². The zero-order valence-electron chi connectivity index (χ0n) is 11.2. The Balaban J connectivity index is 1.97. The Labute approximate surface area is 117 Å². The first-order valence-corrected chi connectivity index (χ1v) is 7.52. The van der Waals surface area contributed by atoms with Crippen molar-refractivity contribution in [3.05, 3.63) is 22.4 Å². The Morgan fingerprint density at radius 1 is 1.44 bits per heavy atom. The number of piperidine rings is 1. The van der Waals surface area contributed by atoms with Crippen LogP contribution in [0.5, 0.6) is 0 Å². The lowest BCUT2D eigenvalue weighted by Gasteiger charge is -2.32. The predicted octanol–water partition coefficient (Wildman–Crippen LogP) is 3.44. The third kappa shape index (κ3) is 2.97. The lowest BCUT2D eigenvalue weighted by molar-refractivity contribution is 0.0677. The van der Waals surface area contributed by atoms with E-state index in [0.29, 0.717) is 0 Å². The van der Waals surface area contributed by atoms with E-state index in [9.17, 15) is 4.79 Å². The maximum Gasteiger partial charge on any atom is 0.270 e. The molecule has 1 aromatic heterocycles. The van der Waals surface area contributed by atoms with Crippen LogP contribution in [-0.4, -0.2) is 28.5 Å². The fourth-order valence-electron chi connectivity index (χ4n) is 2.73. The lowest BCUT2D eigenvalue weighted by Crippen LogP contribution is -2.39. The van der Waals surface area contributed by atoms with Gasteiger partial charge in [0.05, 0.1) is 0 Å². The number of aryl methyl sites for hydroxylation is 1. The number of amides is 1. The number of nitrogens with zero attached hydrogens (tertiary/aromatic N) is 2. The Bertz CT molecular complexity index is 419. The van der Waals surface area contributed by atoms with Crippen LogP contribution in [0, 0.1) is 5.92 Å². The fraction of sp³-hybridized carbons (Fsp3) is 0.643. The first kappa shape index (κ1) is 13.7. The van der Waals surface area contributed by atoms with Crippen LogP contribution >= 0.6 is 15.9 Å². The molecule has 0 aliphatic carbocycles. The van der Waals surface area contributed by atoms with Crippen LogP contribution in [0.3, 0.4) is 0 Å². The summed E-state index contributed by atoms with van der Waals surface area (Å²) in [5.41, 5.74) is 0.774. The van der Waals surface area contributed by atoms with E-state index in [1.54, 1.807) is 0 Å². The van der Waals surface area contributed by atoms with E-state index in [1.165, 1.54) is 12.8 Å². The Hall–Kier alpha value is -0.770. The number of rotatable bonds is 3. The van der Waals surface area contributed by atoms with Gasteiger partial charge in [-0.3, -0.25) is 4.79 Å². The molecule has 1 aromatic rings. The van der Waals surface area contributed by atoms with Gasteiger partial charge in [-0.15, -0.1) is 0 Å². The van der Waals surface area contributed by atoms with Gasteiger partial charge >= 0.3 is 0 Å². The number of halogens is 1. The first-order chi connectivity index (χ1) is 8.61. The second-order valence-electron chi connectivity index (χ2n) is 5.18. The van der Waals surface area contributed by atoms with Gasteiger partial charge < -0.3 is 9.47 Å². The molecule has 0 spiro atoms. The van der Waals surface area contributed by atoms with Crippen LogP contribution in [0.25, 0.3) is 0 Å². The summed E-state index contributed by atoms with van der Waals surface area (Å²) in [5.74, 6) is 0.984. The predicted molar refractivity (Wildman–Crippen MR) is 76.6 cm³/mol. The Morgan fingerprint density at radius 3 is 2.61 bits per heavy atom. The monoisotopic (exact) mass is 312 g/mol. The molecular weight excluding hydrogens is 292 g/mol. The molecule has 1 amide bonds. The van der Waals surface area contributed by atoms with Crippen LogP contribution in [-0.2, 0) is 7.05 Å². The molecule has 0 bridgehead atoms. The molecule has 0 aromatic carbocycles. The molecular formula is C14H21BrN2O. The molecule has 0 saturated carbocycles. The molecule has 4 heteroatoms. The fourth-order valence-corrected chi connectivity index (χ4v) is 3.26. The highest BCUT2D eigenvalue weighted by atomic mass is 79.9.